The van der Waals surface area contributed by atoms with Crippen molar-refractivity contribution < 1.29 is 0 Å². The van der Waals surface area contributed by atoms with Gasteiger partial charge < -0.3 is 14.8 Å². The summed E-state index contributed by atoms with van der Waals surface area (Å²) in [4.78, 5) is 7.00. The van der Waals surface area contributed by atoms with Crippen LogP contribution in [0.5, 0.6) is 0 Å². The number of aryl methyl sites for hydroxylation is 2. The average Bonchev–Trinajstić information content (AvgIpc) is 3.19. The standard InChI is InChI=1S/C25H30N4S/c1-16(2)15-28-24(23(27-25(28)30)22-8-6-7-13-26-22)21-14-18(4)29(19(21)5)20-11-9-17(3)10-12-20/h6-14,16,23-24H,15H2,1-5H3,(H,27,30)/t23-,24+/m1/s1. The Balaban J connectivity index is 1.83. The van der Waals surface area contributed by atoms with E-state index >= 15 is 0 Å². The fourth-order valence-corrected chi connectivity index (χ4v) is 4.83. The molecule has 0 amide bonds. The lowest BCUT2D eigenvalue weighted by Gasteiger charge is -2.29. The van der Waals surface area contributed by atoms with E-state index in [4.69, 9.17) is 12.2 Å². The molecule has 0 bridgehead atoms. The monoisotopic (exact) mass is 418 g/mol. The molecule has 3 heterocycles. The van der Waals surface area contributed by atoms with Crippen LogP contribution in [0.4, 0.5) is 0 Å². The molecule has 2 aromatic heterocycles. The van der Waals surface area contributed by atoms with Gasteiger partial charge >= 0.3 is 0 Å². The van der Waals surface area contributed by atoms with E-state index in [1.807, 2.05) is 18.3 Å². The van der Waals surface area contributed by atoms with E-state index in [0.717, 1.165) is 17.4 Å². The van der Waals surface area contributed by atoms with Crippen LogP contribution in [0.1, 0.15) is 54.1 Å². The Morgan fingerprint density at radius 3 is 2.43 bits per heavy atom. The van der Waals surface area contributed by atoms with Gasteiger partial charge in [-0.15, -0.1) is 0 Å². The minimum Gasteiger partial charge on any atom is -0.352 e. The molecule has 1 aliphatic heterocycles. The lowest BCUT2D eigenvalue weighted by Crippen LogP contribution is -2.33. The van der Waals surface area contributed by atoms with Gasteiger partial charge in [0.15, 0.2) is 5.11 Å². The third kappa shape index (κ3) is 3.74. The number of thiocarbonyl (C=S) groups is 1. The molecule has 5 heteroatoms. The average molecular weight is 419 g/mol. The number of aromatic nitrogens is 2. The Morgan fingerprint density at radius 1 is 1.07 bits per heavy atom. The summed E-state index contributed by atoms with van der Waals surface area (Å²) in [6.07, 6.45) is 1.86. The van der Waals surface area contributed by atoms with Gasteiger partial charge in [0.1, 0.15) is 0 Å². The third-order valence-electron chi connectivity index (χ3n) is 5.84. The van der Waals surface area contributed by atoms with E-state index in [0.29, 0.717) is 5.92 Å². The zero-order chi connectivity index (χ0) is 21.4. The smallest absolute Gasteiger partial charge is 0.170 e. The summed E-state index contributed by atoms with van der Waals surface area (Å²) in [5, 5.41) is 4.37. The summed E-state index contributed by atoms with van der Waals surface area (Å²) < 4.78 is 2.35. The molecule has 1 aromatic carbocycles. The van der Waals surface area contributed by atoms with E-state index < -0.39 is 0 Å². The van der Waals surface area contributed by atoms with Crippen molar-refractivity contribution in [2.45, 2.75) is 46.7 Å². The van der Waals surface area contributed by atoms with E-state index in [2.05, 4.69) is 90.8 Å². The molecule has 4 rings (SSSR count). The predicted molar refractivity (Wildman–Crippen MR) is 127 cm³/mol. The largest absolute Gasteiger partial charge is 0.352 e. The molecule has 3 aromatic rings. The van der Waals surface area contributed by atoms with E-state index in [1.165, 1.54) is 28.2 Å². The second-order valence-electron chi connectivity index (χ2n) is 8.67. The minimum absolute atomic E-state index is 0.0319. The Kier molecular flexibility index (Phi) is 5.65. The SMILES string of the molecule is Cc1ccc(-n2c(C)cc([C@H]3[C@@H](c4ccccn4)NC(=S)N3CC(C)C)c2C)cc1. The Hall–Kier alpha value is -2.66. The molecule has 0 spiro atoms. The van der Waals surface area contributed by atoms with Gasteiger partial charge in [-0.1, -0.05) is 37.6 Å². The zero-order valence-corrected chi connectivity index (χ0v) is 19.2. The van der Waals surface area contributed by atoms with Gasteiger partial charge in [0.05, 0.1) is 17.8 Å². The van der Waals surface area contributed by atoms with Crippen molar-refractivity contribution in [3.63, 3.8) is 0 Å². The maximum Gasteiger partial charge on any atom is 0.170 e. The number of rotatable bonds is 5. The molecular weight excluding hydrogens is 388 g/mol. The van der Waals surface area contributed by atoms with E-state index in [1.54, 1.807) is 0 Å². The second kappa shape index (κ2) is 8.23. The summed E-state index contributed by atoms with van der Waals surface area (Å²) >= 11 is 5.78. The summed E-state index contributed by atoms with van der Waals surface area (Å²) in [7, 11) is 0. The fourth-order valence-electron chi connectivity index (χ4n) is 4.51. The number of benzene rings is 1. The molecule has 1 fully saturated rings. The first-order valence-corrected chi connectivity index (χ1v) is 11.0. The summed E-state index contributed by atoms with van der Waals surface area (Å²) in [5.41, 5.74) is 7.27. The van der Waals surface area contributed by atoms with Crippen LogP contribution >= 0.6 is 12.2 Å². The number of nitrogens with zero attached hydrogens (tertiary/aromatic N) is 3. The van der Waals surface area contributed by atoms with Crippen molar-refractivity contribution in [2.24, 2.45) is 5.92 Å². The van der Waals surface area contributed by atoms with Gasteiger partial charge in [0.25, 0.3) is 0 Å². The topological polar surface area (TPSA) is 33.1 Å². The molecule has 2 atom stereocenters. The fraction of sp³-hybridized carbons (Fsp3) is 0.360. The van der Waals surface area contributed by atoms with Crippen LogP contribution in [0.25, 0.3) is 5.69 Å². The first-order chi connectivity index (χ1) is 14.4. The lowest BCUT2D eigenvalue weighted by molar-refractivity contribution is 0.287. The maximum absolute atomic E-state index is 5.78. The molecule has 4 nitrogen and oxygen atoms in total. The van der Waals surface area contributed by atoms with E-state index in [9.17, 15) is 0 Å². The molecule has 0 radical (unpaired) electrons. The molecule has 0 aliphatic carbocycles. The van der Waals surface area contributed by atoms with Crippen molar-refractivity contribution in [1.29, 1.82) is 0 Å². The van der Waals surface area contributed by atoms with Crippen LogP contribution in [-0.4, -0.2) is 26.1 Å². The predicted octanol–water partition coefficient (Wildman–Crippen LogP) is 5.43. The number of nitrogens with one attached hydrogen (secondary N) is 1. The zero-order valence-electron chi connectivity index (χ0n) is 18.4. The molecule has 1 aliphatic rings. The summed E-state index contributed by atoms with van der Waals surface area (Å²) in [5.74, 6) is 0.510. The molecule has 0 unspecified atom stereocenters. The van der Waals surface area contributed by atoms with Gasteiger partial charge in [-0.2, -0.15) is 0 Å². The van der Waals surface area contributed by atoms with Crippen molar-refractivity contribution in [2.75, 3.05) is 6.54 Å². The van der Waals surface area contributed by atoms with Crippen molar-refractivity contribution in [3.05, 3.63) is 82.9 Å². The Labute approximate surface area is 184 Å². The molecule has 30 heavy (non-hydrogen) atoms. The van der Waals surface area contributed by atoms with Crippen LogP contribution in [0, 0.1) is 26.7 Å². The van der Waals surface area contributed by atoms with Crippen molar-refractivity contribution in [3.8, 4) is 5.69 Å². The van der Waals surface area contributed by atoms with Gasteiger partial charge in [0, 0.05) is 29.8 Å². The highest BCUT2D eigenvalue weighted by molar-refractivity contribution is 7.80. The highest BCUT2D eigenvalue weighted by Gasteiger charge is 2.41. The van der Waals surface area contributed by atoms with Gasteiger partial charge in [0.2, 0.25) is 0 Å². The van der Waals surface area contributed by atoms with Gasteiger partial charge in [-0.25, -0.2) is 0 Å². The van der Waals surface area contributed by atoms with Crippen LogP contribution in [0.2, 0.25) is 0 Å². The molecule has 0 saturated carbocycles. The lowest BCUT2D eigenvalue weighted by atomic mass is 9.96. The molecular formula is C25H30N4S. The van der Waals surface area contributed by atoms with Crippen LogP contribution < -0.4 is 5.32 Å². The van der Waals surface area contributed by atoms with Crippen molar-refractivity contribution in [1.82, 2.24) is 19.8 Å². The van der Waals surface area contributed by atoms with E-state index in [-0.39, 0.29) is 12.1 Å². The van der Waals surface area contributed by atoms with Crippen molar-refractivity contribution >= 4 is 17.3 Å². The Bertz CT molecular complexity index is 1040. The minimum atomic E-state index is 0.0319. The number of hydrogen-bond donors (Lipinski definition) is 1. The molecule has 1 saturated heterocycles. The molecule has 1 N–H and O–H groups in total. The van der Waals surface area contributed by atoms with Gasteiger partial charge in [-0.05, 0) is 74.8 Å². The van der Waals surface area contributed by atoms with Gasteiger partial charge in [-0.3, -0.25) is 4.98 Å². The highest BCUT2D eigenvalue weighted by atomic mass is 32.1. The summed E-state index contributed by atoms with van der Waals surface area (Å²) in [6, 6.07) is 17.3. The first-order valence-electron chi connectivity index (χ1n) is 10.6. The first kappa shape index (κ1) is 20.6. The summed E-state index contributed by atoms with van der Waals surface area (Å²) in [6.45, 7) is 11.9. The van der Waals surface area contributed by atoms with Crippen LogP contribution in [-0.2, 0) is 0 Å². The maximum atomic E-state index is 5.78. The van der Waals surface area contributed by atoms with Crippen LogP contribution in [0.15, 0.2) is 54.7 Å². The third-order valence-corrected chi connectivity index (χ3v) is 6.19. The number of hydrogen-bond acceptors (Lipinski definition) is 2. The number of pyridine rings is 1. The highest BCUT2D eigenvalue weighted by Crippen LogP contribution is 2.41. The van der Waals surface area contributed by atoms with Crippen LogP contribution in [0.3, 0.4) is 0 Å². The quantitative estimate of drug-likeness (QED) is 0.561. The molecule has 156 valence electrons. The second-order valence-corrected chi connectivity index (χ2v) is 9.06. The Morgan fingerprint density at radius 2 is 1.80 bits per heavy atom. The normalized spacial score (nSPS) is 18.9.